The fraction of sp³-hybridized carbons (Fsp3) is 0.611. The van der Waals surface area contributed by atoms with Crippen LogP contribution in [0, 0.1) is 0 Å². The topological polar surface area (TPSA) is 59.6 Å². The Bertz CT molecular complexity index is 505. The molecule has 1 aliphatic rings. The standard InChI is InChI=1S/C18H28N2O3/c1-18(2,3)14-6-4-7-15(12-14)23-11-9-19-17(21)20-13-16-8-5-10-22-16/h4,6-7,12,16H,5,8-11,13H2,1-3H3,(H2,19,20,21). The van der Waals surface area contributed by atoms with Gasteiger partial charge in [-0.15, -0.1) is 0 Å². The summed E-state index contributed by atoms with van der Waals surface area (Å²) < 4.78 is 11.2. The minimum absolute atomic E-state index is 0.0970. The number of carbonyl (C=O) groups excluding carboxylic acids is 1. The molecule has 1 aromatic rings. The van der Waals surface area contributed by atoms with E-state index < -0.39 is 0 Å². The SMILES string of the molecule is CC(C)(C)c1cccc(OCCNC(=O)NCC2CCCO2)c1. The molecule has 2 amide bonds. The van der Waals surface area contributed by atoms with Crippen LogP contribution in [0.4, 0.5) is 4.79 Å². The van der Waals surface area contributed by atoms with Gasteiger partial charge in [-0.3, -0.25) is 0 Å². The van der Waals surface area contributed by atoms with Crippen molar-refractivity contribution in [1.82, 2.24) is 10.6 Å². The third kappa shape index (κ3) is 6.10. The lowest BCUT2D eigenvalue weighted by atomic mass is 9.87. The second kappa shape index (κ2) is 8.20. The van der Waals surface area contributed by atoms with Crippen LogP contribution < -0.4 is 15.4 Å². The largest absolute Gasteiger partial charge is 0.492 e. The van der Waals surface area contributed by atoms with E-state index in [0.717, 1.165) is 25.2 Å². The normalized spacial score (nSPS) is 17.8. The van der Waals surface area contributed by atoms with Crippen LogP contribution in [0.5, 0.6) is 5.75 Å². The van der Waals surface area contributed by atoms with E-state index in [0.29, 0.717) is 19.7 Å². The van der Waals surface area contributed by atoms with Crippen LogP contribution in [-0.2, 0) is 10.2 Å². The highest BCUT2D eigenvalue weighted by atomic mass is 16.5. The van der Waals surface area contributed by atoms with Crippen LogP contribution in [0.2, 0.25) is 0 Å². The van der Waals surface area contributed by atoms with E-state index in [4.69, 9.17) is 9.47 Å². The molecule has 0 saturated carbocycles. The summed E-state index contributed by atoms with van der Waals surface area (Å²) in [4.78, 5) is 11.7. The first kappa shape index (κ1) is 17.6. The molecule has 0 radical (unpaired) electrons. The van der Waals surface area contributed by atoms with E-state index in [1.807, 2.05) is 12.1 Å². The highest BCUT2D eigenvalue weighted by Gasteiger charge is 2.16. The third-order valence-electron chi connectivity index (χ3n) is 3.87. The van der Waals surface area contributed by atoms with Gasteiger partial charge in [0.05, 0.1) is 12.6 Å². The zero-order valence-electron chi connectivity index (χ0n) is 14.4. The summed E-state index contributed by atoms with van der Waals surface area (Å²) in [6.07, 6.45) is 2.26. The average molecular weight is 320 g/mol. The fourth-order valence-electron chi connectivity index (χ4n) is 2.46. The van der Waals surface area contributed by atoms with Gasteiger partial charge in [0.25, 0.3) is 0 Å². The highest BCUT2D eigenvalue weighted by Crippen LogP contribution is 2.25. The number of ether oxygens (including phenoxy) is 2. The van der Waals surface area contributed by atoms with Gasteiger partial charge in [-0.1, -0.05) is 32.9 Å². The smallest absolute Gasteiger partial charge is 0.315 e. The zero-order valence-corrected chi connectivity index (χ0v) is 14.4. The van der Waals surface area contributed by atoms with Crippen molar-refractivity contribution >= 4 is 6.03 Å². The quantitative estimate of drug-likeness (QED) is 0.792. The number of urea groups is 1. The molecule has 5 heteroatoms. The van der Waals surface area contributed by atoms with Crippen LogP contribution >= 0.6 is 0 Å². The number of amides is 2. The van der Waals surface area contributed by atoms with Gasteiger partial charge in [-0.2, -0.15) is 0 Å². The second-order valence-corrected chi connectivity index (χ2v) is 6.90. The van der Waals surface area contributed by atoms with E-state index >= 15 is 0 Å². The lowest BCUT2D eigenvalue weighted by molar-refractivity contribution is 0.111. The molecule has 1 atom stereocenters. The van der Waals surface area contributed by atoms with Crippen molar-refractivity contribution in [2.45, 2.75) is 45.1 Å². The monoisotopic (exact) mass is 320 g/mol. The van der Waals surface area contributed by atoms with Crippen molar-refractivity contribution in [3.8, 4) is 5.75 Å². The molecule has 2 N–H and O–H groups in total. The molecule has 0 bridgehead atoms. The molecule has 2 rings (SSSR count). The Balaban J connectivity index is 1.64. The maximum atomic E-state index is 11.7. The lowest BCUT2D eigenvalue weighted by Gasteiger charge is -2.19. The summed E-state index contributed by atoms with van der Waals surface area (Å²) in [6.45, 7) is 8.80. The van der Waals surface area contributed by atoms with E-state index in [2.05, 4.69) is 43.5 Å². The maximum Gasteiger partial charge on any atom is 0.315 e. The summed E-state index contributed by atoms with van der Waals surface area (Å²) in [5.41, 5.74) is 1.33. The van der Waals surface area contributed by atoms with Gasteiger partial charge >= 0.3 is 6.03 Å². The van der Waals surface area contributed by atoms with Crippen molar-refractivity contribution in [3.05, 3.63) is 29.8 Å². The van der Waals surface area contributed by atoms with Gasteiger partial charge in [0.15, 0.2) is 0 Å². The zero-order chi connectivity index (χ0) is 16.7. The van der Waals surface area contributed by atoms with Gasteiger partial charge in [0.2, 0.25) is 0 Å². The predicted molar refractivity (Wildman–Crippen MR) is 91.0 cm³/mol. The Labute approximate surface area is 138 Å². The first-order valence-corrected chi connectivity index (χ1v) is 8.32. The summed E-state index contributed by atoms with van der Waals surface area (Å²) in [5, 5.41) is 5.61. The Morgan fingerprint density at radius 2 is 2.17 bits per heavy atom. The summed E-state index contributed by atoms with van der Waals surface area (Å²) in [7, 11) is 0. The van der Waals surface area contributed by atoms with Gasteiger partial charge in [0, 0.05) is 13.2 Å². The van der Waals surface area contributed by atoms with Gasteiger partial charge < -0.3 is 20.1 Å². The van der Waals surface area contributed by atoms with E-state index in [1.54, 1.807) is 0 Å². The number of nitrogens with one attached hydrogen (secondary N) is 2. The highest BCUT2D eigenvalue weighted by molar-refractivity contribution is 5.73. The molecule has 1 heterocycles. The van der Waals surface area contributed by atoms with E-state index in [-0.39, 0.29) is 17.6 Å². The second-order valence-electron chi connectivity index (χ2n) is 6.90. The number of hydrogen-bond donors (Lipinski definition) is 2. The molecule has 128 valence electrons. The predicted octanol–water partition coefficient (Wildman–Crippen LogP) is 2.84. The van der Waals surface area contributed by atoms with Gasteiger partial charge in [-0.25, -0.2) is 4.79 Å². The van der Waals surface area contributed by atoms with Crippen LogP contribution in [-0.4, -0.2) is 38.4 Å². The molecule has 0 aliphatic carbocycles. The molecular weight excluding hydrogens is 292 g/mol. The average Bonchev–Trinajstić information content (AvgIpc) is 3.02. The lowest BCUT2D eigenvalue weighted by Crippen LogP contribution is -2.41. The number of benzene rings is 1. The molecular formula is C18H28N2O3. The fourth-order valence-corrected chi connectivity index (χ4v) is 2.46. The van der Waals surface area contributed by atoms with Crippen LogP contribution in [0.3, 0.4) is 0 Å². The number of carbonyl (C=O) groups is 1. The first-order valence-electron chi connectivity index (χ1n) is 8.32. The molecule has 1 aliphatic heterocycles. The van der Waals surface area contributed by atoms with Crippen molar-refractivity contribution in [2.24, 2.45) is 0 Å². The summed E-state index contributed by atoms with van der Waals surface area (Å²) in [6, 6.07) is 7.92. The van der Waals surface area contributed by atoms with Crippen molar-refractivity contribution in [1.29, 1.82) is 0 Å². The van der Waals surface area contributed by atoms with Gasteiger partial charge in [0.1, 0.15) is 12.4 Å². The van der Waals surface area contributed by atoms with Crippen molar-refractivity contribution in [3.63, 3.8) is 0 Å². The van der Waals surface area contributed by atoms with E-state index in [9.17, 15) is 4.79 Å². The summed E-state index contributed by atoms with van der Waals surface area (Å²) in [5.74, 6) is 0.832. The van der Waals surface area contributed by atoms with Crippen LogP contribution in [0.1, 0.15) is 39.2 Å². The number of hydrogen-bond acceptors (Lipinski definition) is 3. The number of rotatable bonds is 6. The molecule has 1 saturated heterocycles. The van der Waals surface area contributed by atoms with Gasteiger partial charge in [-0.05, 0) is 36.0 Å². The molecule has 0 spiro atoms. The molecule has 23 heavy (non-hydrogen) atoms. The summed E-state index contributed by atoms with van der Waals surface area (Å²) >= 11 is 0. The minimum atomic E-state index is -0.174. The molecule has 0 aromatic heterocycles. The van der Waals surface area contributed by atoms with Crippen LogP contribution in [0.15, 0.2) is 24.3 Å². The van der Waals surface area contributed by atoms with Crippen molar-refractivity contribution < 1.29 is 14.3 Å². The Kier molecular flexibility index (Phi) is 6.28. The molecule has 1 aromatic carbocycles. The molecule has 5 nitrogen and oxygen atoms in total. The van der Waals surface area contributed by atoms with Crippen molar-refractivity contribution in [2.75, 3.05) is 26.3 Å². The maximum absolute atomic E-state index is 11.7. The third-order valence-corrected chi connectivity index (χ3v) is 3.87. The molecule has 1 fully saturated rings. The Morgan fingerprint density at radius 3 is 2.87 bits per heavy atom. The van der Waals surface area contributed by atoms with Crippen LogP contribution in [0.25, 0.3) is 0 Å². The molecule has 1 unspecified atom stereocenters. The minimum Gasteiger partial charge on any atom is -0.492 e. The Hall–Kier alpha value is -1.75. The Morgan fingerprint density at radius 1 is 1.35 bits per heavy atom. The first-order chi connectivity index (χ1) is 10.9. The van der Waals surface area contributed by atoms with E-state index in [1.165, 1.54) is 5.56 Å².